The third kappa shape index (κ3) is 3.76. The van der Waals surface area contributed by atoms with Crippen LogP contribution in [0.1, 0.15) is 39.2 Å². The molecule has 1 aromatic rings. The van der Waals surface area contributed by atoms with Crippen LogP contribution in [0.2, 0.25) is 0 Å². The second kappa shape index (κ2) is 6.06. The summed E-state index contributed by atoms with van der Waals surface area (Å²) in [6.07, 6.45) is 1.26. The molecule has 0 bridgehead atoms. The van der Waals surface area contributed by atoms with Crippen molar-refractivity contribution in [1.29, 1.82) is 0 Å². The van der Waals surface area contributed by atoms with Crippen LogP contribution in [0.3, 0.4) is 0 Å². The number of aliphatic hydroxyl groups excluding tert-OH is 1. The van der Waals surface area contributed by atoms with Gasteiger partial charge in [-0.05, 0) is 39.2 Å². The van der Waals surface area contributed by atoms with Crippen LogP contribution in [0.5, 0.6) is 0 Å². The summed E-state index contributed by atoms with van der Waals surface area (Å²) in [4.78, 5) is 14.0. The van der Waals surface area contributed by atoms with Gasteiger partial charge in [0.05, 0.1) is 0 Å². The number of likely N-dealkylation sites (tertiary alicyclic amines) is 1. The van der Waals surface area contributed by atoms with E-state index in [1.54, 1.807) is 4.90 Å². The summed E-state index contributed by atoms with van der Waals surface area (Å²) in [5.74, 6) is 0. The second-order valence-electron chi connectivity index (χ2n) is 6.77. The van der Waals surface area contributed by atoms with E-state index in [1.165, 1.54) is 5.56 Å². The molecule has 21 heavy (non-hydrogen) atoms. The fourth-order valence-electron chi connectivity index (χ4n) is 2.94. The van der Waals surface area contributed by atoms with E-state index in [2.05, 4.69) is 12.1 Å². The van der Waals surface area contributed by atoms with E-state index in [9.17, 15) is 9.90 Å². The average molecular weight is 291 g/mol. The van der Waals surface area contributed by atoms with Gasteiger partial charge in [-0.3, -0.25) is 0 Å². The molecule has 1 fully saturated rings. The van der Waals surface area contributed by atoms with Gasteiger partial charge in [0, 0.05) is 25.1 Å². The highest BCUT2D eigenvalue weighted by Gasteiger charge is 2.41. The van der Waals surface area contributed by atoms with E-state index in [4.69, 9.17) is 4.74 Å². The Labute approximate surface area is 126 Å². The molecule has 1 aliphatic rings. The van der Waals surface area contributed by atoms with Crippen molar-refractivity contribution in [2.45, 2.75) is 44.6 Å². The van der Waals surface area contributed by atoms with Gasteiger partial charge in [0.1, 0.15) is 5.60 Å². The first-order chi connectivity index (χ1) is 9.86. The van der Waals surface area contributed by atoms with Crippen LogP contribution in [-0.4, -0.2) is 41.4 Å². The van der Waals surface area contributed by atoms with Crippen molar-refractivity contribution in [2.75, 3.05) is 19.7 Å². The number of benzene rings is 1. The van der Waals surface area contributed by atoms with Crippen molar-refractivity contribution in [1.82, 2.24) is 4.90 Å². The zero-order chi connectivity index (χ0) is 15.5. The number of carbonyl (C=O) groups is 1. The van der Waals surface area contributed by atoms with E-state index in [1.807, 2.05) is 39.0 Å². The van der Waals surface area contributed by atoms with Gasteiger partial charge in [-0.2, -0.15) is 0 Å². The van der Waals surface area contributed by atoms with Crippen LogP contribution < -0.4 is 0 Å². The van der Waals surface area contributed by atoms with Crippen molar-refractivity contribution >= 4 is 6.09 Å². The normalized spacial score (nSPS) is 22.4. The molecule has 4 nitrogen and oxygen atoms in total. The molecule has 0 aliphatic carbocycles. The molecular weight excluding hydrogens is 266 g/mol. The Morgan fingerprint density at radius 1 is 1.33 bits per heavy atom. The van der Waals surface area contributed by atoms with Gasteiger partial charge in [-0.25, -0.2) is 4.79 Å². The maximum absolute atomic E-state index is 12.2. The highest BCUT2D eigenvalue weighted by molar-refractivity contribution is 5.69. The average Bonchev–Trinajstić information content (AvgIpc) is 2.84. The fourth-order valence-corrected chi connectivity index (χ4v) is 2.94. The van der Waals surface area contributed by atoms with Crippen LogP contribution in [0.15, 0.2) is 30.3 Å². The Kier molecular flexibility index (Phi) is 4.57. The summed E-state index contributed by atoms with van der Waals surface area (Å²) in [5, 5.41) is 9.43. The number of nitrogens with zero attached hydrogens (tertiary/aromatic N) is 1. The predicted molar refractivity (Wildman–Crippen MR) is 82.2 cm³/mol. The maximum atomic E-state index is 12.2. The zero-order valence-corrected chi connectivity index (χ0v) is 13.1. The van der Waals surface area contributed by atoms with E-state index < -0.39 is 5.60 Å². The highest BCUT2D eigenvalue weighted by atomic mass is 16.6. The van der Waals surface area contributed by atoms with Crippen molar-refractivity contribution in [3.63, 3.8) is 0 Å². The van der Waals surface area contributed by atoms with Crippen molar-refractivity contribution in [3.05, 3.63) is 35.9 Å². The molecule has 0 spiro atoms. The summed E-state index contributed by atoms with van der Waals surface area (Å²) in [6.45, 7) is 7.02. The lowest BCUT2D eigenvalue weighted by atomic mass is 9.77. The first-order valence-corrected chi connectivity index (χ1v) is 7.51. The van der Waals surface area contributed by atoms with Crippen LogP contribution in [0.4, 0.5) is 4.79 Å². The molecule has 1 amide bonds. The maximum Gasteiger partial charge on any atom is 0.410 e. The highest BCUT2D eigenvalue weighted by Crippen LogP contribution is 2.38. The van der Waals surface area contributed by atoms with E-state index >= 15 is 0 Å². The topological polar surface area (TPSA) is 49.8 Å². The third-order valence-corrected chi connectivity index (χ3v) is 3.98. The van der Waals surface area contributed by atoms with Gasteiger partial charge in [0.2, 0.25) is 0 Å². The van der Waals surface area contributed by atoms with Gasteiger partial charge >= 0.3 is 6.09 Å². The van der Waals surface area contributed by atoms with Crippen molar-refractivity contribution in [3.8, 4) is 0 Å². The Morgan fingerprint density at radius 2 is 2.00 bits per heavy atom. The molecule has 1 atom stereocenters. The molecule has 2 rings (SSSR count). The number of aliphatic hydroxyl groups is 1. The van der Waals surface area contributed by atoms with Crippen molar-refractivity contribution in [2.24, 2.45) is 0 Å². The molecule has 1 heterocycles. The smallest absolute Gasteiger partial charge is 0.410 e. The molecule has 4 heteroatoms. The quantitative estimate of drug-likeness (QED) is 0.931. The number of hydrogen-bond donors (Lipinski definition) is 1. The monoisotopic (exact) mass is 291 g/mol. The zero-order valence-electron chi connectivity index (χ0n) is 13.1. The van der Waals surface area contributed by atoms with E-state index in [0.717, 1.165) is 6.42 Å². The first-order valence-electron chi connectivity index (χ1n) is 7.51. The minimum Gasteiger partial charge on any atom is -0.444 e. The number of amides is 1. The van der Waals surface area contributed by atoms with Gasteiger partial charge in [0.25, 0.3) is 0 Å². The van der Waals surface area contributed by atoms with Gasteiger partial charge in [-0.15, -0.1) is 0 Å². The Bertz CT molecular complexity index is 481. The Hall–Kier alpha value is -1.55. The van der Waals surface area contributed by atoms with Crippen LogP contribution in [-0.2, 0) is 10.2 Å². The summed E-state index contributed by atoms with van der Waals surface area (Å²) >= 11 is 0. The van der Waals surface area contributed by atoms with Gasteiger partial charge in [0.15, 0.2) is 0 Å². The van der Waals surface area contributed by atoms with Crippen LogP contribution >= 0.6 is 0 Å². The molecule has 1 aromatic carbocycles. The number of ether oxygens (including phenoxy) is 1. The summed E-state index contributed by atoms with van der Waals surface area (Å²) < 4.78 is 5.45. The van der Waals surface area contributed by atoms with E-state index in [-0.39, 0.29) is 18.1 Å². The summed E-state index contributed by atoms with van der Waals surface area (Å²) in [5.41, 5.74) is 0.545. The lowest BCUT2D eigenvalue weighted by molar-refractivity contribution is 0.0281. The lowest BCUT2D eigenvalue weighted by Crippen LogP contribution is -2.38. The molecule has 1 saturated heterocycles. The number of hydrogen-bond acceptors (Lipinski definition) is 3. The molecule has 0 radical (unpaired) electrons. The van der Waals surface area contributed by atoms with Crippen LogP contribution in [0.25, 0.3) is 0 Å². The molecule has 0 saturated carbocycles. The Morgan fingerprint density at radius 3 is 2.57 bits per heavy atom. The fraction of sp³-hybridized carbons (Fsp3) is 0.588. The second-order valence-corrected chi connectivity index (χ2v) is 6.77. The molecule has 0 aromatic heterocycles. The molecular formula is C17H25NO3. The third-order valence-electron chi connectivity index (χ3n) is 3.98. The van der Waals surface area contributed by atoms with Gasteiger partial charge in [-0.1, -0.05) is 30.3 Å². The minimum absolute atomic E-state index is 0.122. The first kappa shape index (κ1) is 15.8. The Balaban J connectivity index is 2.15. The van der Waals surface area contributed by atoms with E-state index in [0.29, 0.717) is 19.5 Å². The number of carbonyl (C=O) groups excluding carboxylic acids is 1. The summed E-state index contributed by atoms with van der Waals surface area (Å²) in [7, 11) is 0. The van der Waals surface area contributed by atoms with Crippen LogP contribution in [0, 0.1) is 0 Å². The molecule has 116 valence electrons. The largest absolute Gasteiger partial charge is 0.444 e. The van der Waals surface area contributed by atoms with Gasteiger partial charge < -0.3 is 14.7 Å². The predicted octanol–water partition coefficient (Wildman–Crippen LogP) is 2.95. The SMILES string of the molecule is CC(C)(C)OC(=O)N1CCC(CCO)(c2ccccc2)C1. The number of rotatable bonds is 3. The summed E-state index contributed by atoms with van der Waals surface area (Å²) in [6, 6.07) is 10.1. The molecule has 1 unspecified atom stereocenters. The minimum atomic E-state index is -0.480. The molecule has 1 aliphatic heterocycles. The van der Waals surface area contributed by atoms with Crippen molar-refractivity contribution < 1.29 is 14.6 Å². The molecule has 1 N–H and O–H groups in total. The standard InChI is InChI=1S/C17H25NO3/c1-16(2,3)21-15(20)18-11-9-17(13-18,10-12-19)14-7-5-4-6-8-14/h4-8,19H,9-13H2,1-3H3. The lowest BCUT2D eigenvalue weighted by Gasteiger charge is -2.30.